The number of carbonyl (C=O) groups is 3. The quantitative estimate of drug-likeness (QED) is 0.121. The first kappa shape index (κ1) is 22.4. The second kappa shape index (κ2) is 10.0. The van der Waals surface area contributed by atoms with Crippen LogP contribution in [0.25, 0.3) is 0 Å². The number of amides is 3. The van der Waals surface area contributed by atoms with Gasteiger partial charge in [0.1, 0.15) is 17.8 Å². The van der Waals surface area contributed by atoms with Crippen molar-refractivity contribution in [1.82, 2.24) is 15.8 Å². The lowest BCUT2D eigenvalue weighted by Gasteiger charge is -2.12. The Hall–Kier alpha value is -3.93. The van der Waals surface area contributed by atoms with Gasteiger partial charge in [0.15, 0.2) is 5.13 Å². The summed E-state index contributed by atoms with van der Waals surface area (Å²) in [6.45, 7) is 0. The molecule has 1 atom stereocenters. The molecule has 1 heterocycles. The van der Waals surface area contributed by atoms with Crippen LogP contribution in [0.5, 0.6) is 0 Å². The average molecular weight is 451 g/mol. The first-order valence-electron chi connectivity index (χ1n) is 7.72. The maximum absolute atomic E-state index is 12.7. The molecule has 3 amide bonds. The summed E-state index contributed by atoms with van der Waals surface area (Å²) >= 11 is 6.39. The highest BCUT2D eigenvalue weighted by Gasteiger charge is 2.27. The largest absolute Gasteiger partial charge is 0.345 e. The van der Waals surface area contributed by atoms with Crippen LogP contribution in [0.1, 0.15) is 11.5 Å². The summed E-state index contributed by atoms with van der Waals surface area (Å²) in [5.41, 5.74) is 3.18. The van der Waals surface area contributed by atoms with Crippen molar-refractivity contribution < 1.29 is 19.3 Å². The van der Waals surface area contributed by atoms with Crippen LogP contribution in [0.2, 0.25) is 5.02 Å². The van der Waals surface area contributed by atoms with Gasteiger partial charge in [-0.05, 0) is 29.0 Å². The lowest BCUT2D eigenvalue weighted by molar-refractivity contribution is -0.380. The lowest BCUT2D eigenvalue weighted by atomic mass is 9.95. The molecule has 0 saturated heterocycles. The van der Waals surface area contributed by atoms with Gasteiger partial charge >= 0.3 is 16.8 Å². The molecule has 0 radical (unpaired) electrons. The number of anilines is 1. The van der Waals surface area contributed by atoms with E-state index in [1.165, 1.54) is 24.3 Å². The van der Waals surface area contributed by atoms with Crippen molar-refractivity contribution in [2.24, 2.45) is 10.9 Å². The number of aromatic nitrogens is 1. The van der Waals surface area contributed by atoms with Gasteiger partial charge < -0.3 is 0 Å². The van der Waals surface area contributed by atoms with Gasteiger partial charge in [0.2, 0.25) is 0 Å². The minimum Gasteiger partial charge on any atom is -0.296 e. The van der Waals surface area contributed by atoms with Crippen molar-refractivity contribution in [1.29, 1.82) is 5.26 Å². The van der Waals surface area contributed by atoms with Crippen LogP contribution in [-0.4, -0.2) is 33.3 Å². The molecule has 5 N–H and O–H groups in total. The SMILES string of the molecule is N#CC(C(=NNC(=O)C(=O)NN)C(=O)Nc1ncc([N+](=O)[O-])s1)c1ccc(Cl)cc1. The average Bonchev–Trinajstić information content (AvgIpc) is 3.19. The summed E-state index contributed by atoms with van der Waals surface area (Å²) in [5, 5.41) is 26.1. The van der Waals surface area contributed by atoms with Gasteiger partial charge in [-0.3, -0.25) is 35.2 Å². The number of benzene rings is 1. The maximum Gasteiger partial charge on any atom is 0.345 e. The highest BCUT2D eigenvalue weighted by Crippen LogP contribution is 2.26. The van der Waals surface area contributed by atoms with Crippen LogP contribution in [0.4, 0.5) is 10.1 Å². The monoisotopic (exact) mass is 450 g/mol. The van der Waals surface area contributed by atoms with Gasteiger partial charge in [-0.25, -0.2) is 16.3 Å². The third-order valence-electron chi connectivity index (χ3n) is 3.35. The number of nitriles is 1. The summed E-state index contributed by atoms with van der Waals surface area (Å²) in [6.07, 6.45) is 0.936. The van der Waals surface area contributed by atoms with Crippen LogP contribution < -0.4 is 22.0 Å². The molecule has 13 nitrogen and oxygen atoms in total. The maximum atomic E-state index is 12.7. The highest BCUT2D eigenvalue weighted by atomic mass is 35.5. The molecule has 1 aromatic heterocycles. The Bertz CT molecular complexity index is 1060. The Labute approximate surface area is 176 Å². The Kier molecular flexibility index (Phi) is 7.47. The van der Waals surface area contributed by atoms with Crippen LogP contribution in [0, 0.1) is 21.4 Å². The van der Waals surface area contributed by atoms with E-state index < -0.39 is 34.3 Å². The molecule has 0 aliphatic rings. The van der Waals surface area contributed by atoms with E-state index in [0.29, 0.717) is 21.9 Å². The van der Waals surface area contributed by atoms with Crippen LogP contribution in [0.3, 0.4) is 0 Å². The normalized spacial score (nSPS) is 11.7. The van der Waals surface area contributed by atoms with E-state index in [0.717, 1.165) is 6.20 Å². The number of hydrazine groups is 1. The number of thiazole rings is 1. The number of hydrogen-bond acceptors (Lipinski definition) is 10. The number of nitrogens with one attached hydrogen (secondary N) is 3. The number of nitrogens with zero attached hydrogens (tertiary/aromatic N) is 4. The zero-order chi connectivity index (χ0) is 22.3. The molecule has 15 heteroatoms. The number of carbonyl (C=O) groups excluding carboxylic acids is 3. The van der Waals surface area contributed by atoms with Crippen molar-refractivity contribution in [3.8, 4) is 6.07 Å². The fraction of sp³-hybridized carbons (Fsp3) is 0.0667. The van der Waals surface area contributed by atoms with Crippen LogP contribution >= 0.6 is 22.9 Å². The first-order chi connectivity index (χ1) is 14.3. The molecule has 0 saturated carbocycles. The topological polar surface area (TPSA) is 206 Å². The van der Waals surface area contributed by atoms with Gasteiger partial charge in [-0.2, -0.15) is 10.4 Å². The van der Waals surface area contributed by atoms with Gasteiger partial charge in [-0.1, -0.05) is 23.7 Å². The highest BCUT2D eigenvalue weighted by molar-refractivity contribution is 7.18. The minimum absolute atomic E-state index is 0.141. The van der Waals surface area contributed by atoms with Crippen LogP contribution in [0.15, 0.2) is 35.6 Å². The van der Waals surface area contributed by atoms with E-state index in [9.17, 15) is 29.8 Å². The zero-order valence-corrected chi connectivity index (χ0v) is 16.2. The minimum atomic E-state index is -1.29. The Morgan fingerprint density at radius 2 is 1.93 bits per heavy atom. The smallest absolute Gasteiger partial charge is 0.296 e. The molecule has 0 spiro atoms. The van der Waals surface area contributed by atoms with Gasteiger partial charge in [0.05, 0.1) is 11.0 Å². The molecule has 1 unspecified atom stereocenters. The Balaban J connectivity index is 2.37. The molecule has 0 aliphatic carbocycles. The summed E-state index contributed by atoms with van der Waals surface area (Å²) in [4.78, 5) is 49.3. The van der Waals surface area contributed by atoms with E-state index in [-0.39, 0.29) is 10.1 Å². The predicted molar refractivity (Wildman–Crippen MR) is 105 cm³/mol. The fourth-order valence-electron chi connectivity index (χ4n) is 1.99. The molecule has 0 bridgehead atoms. The van der Waals surface area contributed by atoms with Gasteiger partial charge in [-0.15, -0.1) is 0 Å². The lowest BCUT2D eigenvalue weighted by Crippen LogP contribution is -2.42. The number of rotatable bonds is 6. The summed E-state index contributed by atoms with van der Waals surface area (Å²) in [6, 6.07) is 7.73. The summed E-state index contributed by atoms with van der Waals surface area (Å²) < 4.78 is 0. The van der Waals surface area contributed by atoms with Gasteiger partial charge in [0.25, 0.3) is 5.91 Å². The molecular formula is C15H11ClN8O5S. The fourth-order valence-corrected chi connectivity index (χ4v) is 2.74. The molecule has 0 fully saturated rings. The second-order valence-electron chi connectivity index (χ2n) is 5.24. The van der Waals surface area contributed by atoms with E-state index >= 15 is 0 Å². The van der Waals surface area contributed by atoms with Crippen molar-refractivity contribution in [2.75, 3.05) is 5.32 Å². The number of nitrogens with two attached hydrogens (primary N) is 1. The number of hydrogen-bond donors (Lipinski definition) is 4. The van der Waals surface area contributed by atoms with Crippen molar-refractivity contribution >= 4 is 56.5 Å². The number of hydrazone groups is 1. The van der Waals surface area contributed by atoms with Crippen LogP contribution in [-0.2, 0) is 14.4 Å². The third kappa shape index (κ3) is 5.54. The first-order valence-corrected chi connectivity index (χ1v) is 8.91. The van der Waals surface area contributed by atoms with E-state index in [1.807, 2.05) is 11.5 Å². The van der Waals surface area contributed by atoms with E-state index in [4.69, 9.17) is 17.4 Å². The molecule has 30 heavy (non-hydrogen) atoms. The molecule has 2 aromatic rings. The van der Waals surface area contributed by atoms with Crippen molar-refractivity contribution in [3.05, 3.63) is 51.2 Å². The molecular weight excluding hydrogens is 440 g/mol. The summed E-state index contributed by atoms with van der Waals surface area (Å²) in [5.74, 6) is 0.0269. The Morgan fingerprint density at radius 3 is 2.47 bits per heavy atom. The van der Waals surface area contributed by atoms with E-state index in [2.05, 4.69) is 15.4 Å². The molecule has 2 rings (SSSR count). The number of halogens is 1. The second-order valence-corrected chi connectivity index (χ2v) is 6.69. The molecule has 1 aromatic carbocycles. The van der Waals surface area contributed by atoms with Gasteiger partial charge in [0, 0.05) is 5.02 Å². The van der Waals surface area contributed by atoms with Crippen molar-refractivity contribution in [3.63, 3.8) is 0 Å². The summed E-state index contributed by atoms with van der Waals surface area (Å²) in [7, 11) is 0. The standard InChI is InChI=1S/C15H11ClN8O5S/c16-8-3-1-7(2-4-8)9(5-17)11(22-23-14(27)13(26)21-18)12(25)20-15-19-6-10(30-15)24(28)29/h1-4,6,9H,18H2,(H,21,26)(H,23,27)(H,19,20,25). The molecule has 0 aliphatic heterocycles. The third-order valence-corrected chi connectivity index (χ3v) is 4.46. The van der Waals surface area contributed by atoms with E-state index in [1.54, 1.807) is 5.43 Å². The van der Waals surface area contributed by atoms with Crippen molar-refractivity contribution in [2.45, 2.75) is 5.92 Å². The number of nitro groups is 1. The predicted octanol–water partition coefficient (Wildman–Crippen LogP) is 0.413. The molecule has 154 valence electrons. The Morgan fingerprint density at radius 1 is 1.27 bits per heavy atom. The zero-order valence-electron chi connectivity index (χ0n) is 14.7.